The van der Waals surface area contributed by atoms with Crippen LogP contribution in [0.5, 0.6) is 0 Å². The number of hydrogen-bond donors (Lipinski definition) is 0. The Morgan fingerprint density at radius 2 is 1.59 bits per heavy atom. The van der Waals surface area contributed by atoms with Gasteiger partial charge in [0, 0.05) is 14.1 Å². The fourth-order valence-electron chi connectivity index (χ4n) is 1.75. The Labute approximate surface area is 103 Å². The van der Waals surface area contributed by atoms with Crippen molar-refractivity contribution in [1.29, 1.82) is 5.26 Å². The molecule has 0 aliphatic rings. The summed E-state index contributed by atoms with van der Waals surface area (Å²) in [6, 6.07) is 6.12. The molecule has 17 heavy (non-hydrogen) atoms. The quantitative estimate of drug-likeness (QED) is 0.786. The van der Waals surface area contributed by atoms with Crippen molar-refractivity contribution in [3.8, 4) is 6.07 Å². The molecule has 1 aromatic rings. The number of nitrogens with zero attached hydrogens (tertiary/aromatic N) is 2. The summed E-state index contributed by atoms with van der Waals surface area (Å²) in [5, 5.41) is 9.17. The largest absolute Gasteiger partial charge is 0.377 e. The van der Waals surface area contributed by atoms with Crippen LogP contribution >= 0.6 is 0 Å². The van der Waals surface area contributed by atoms with E-state index >= 15 is 0 Å². The Kier molecular flexibility index (Phi) is 3.75. The van der Waals surface area contributed by atoms with Crippen molar-refractivity contribution < 1.29 is 0 Å². The van der Waals surface area contributed by atoms with E-state index in [1.807, 2.05) is 45.0 Å². The summed E-state index contributed by atoms with van der Waals surface area (Å²) in [5.41, 5.74) is 5.56. The molecular formula is C15H18N2. The summed E-state index contributed by atoms with van der Waals surface area (Å²) in [5.74, 6) is 0. The van der Waals surface area contributed by atoms with Gasteiger partial charge in [-0.05, 0) is 37.1 Å². The first-order chi connectivity index (χ1) is 7.88. The third-order valence-electron chi connectivity index (χ3n) is 2.66. The molecule has 0 bridgehead atoms. The van der Waals surface area contributed by atoms with Gasteiger partial charge in [0.2, 0.25) is 0 Å². The number of hydrogen-bond acceptors (Lipinski definition) is 2. The fourth-order valence-corrected chi connectivity index (χ4v) is 1.75. The number of benzene rings is 1. The van der Waals surface area contributed by atoms with Gasteiger partial charge >= 0.3 is 0 Å². The summed E-state index contributed by atoms with van der Waals surface area (Å²) in [6.45, 7) is 11.8. The Balaban J connectivity index is 3.61. The van der Waals surface area contributed by atoms with E-state index in [-0.39, 0.29) is 0 Å². The van der Waals surface area contributed by atoms with Gasteiger partial charge in [-0.25, -0.2) is 0 Å². The molecule has 0 heterocycles. The number of allylic oxidation sites excluding steroid dienone is 2. The zero-order chi connectivity index (χ0) is 13.2. The van der Waals surface area contributed by atoms with E-state index in [1.165, 1.54) is 0 Å². The molecule has 0 amide bonds. The van der Waals surface area contributed by atoms with Crippen molar-refractivity contribution >= 4 is 16.8 Å². The van der Waals surface area contributed by atoms with Crippen LogP contribution in [0.2, 0.25) is 0 Å². The lowest BCUT2D eigenvalue weighted by Crippen LogP contribution is -2.11. The molecule has 0 spiro atoms. The van der Waals surface area contributed by atoms with E-state index in [0.717, 1.165) is 28.0 Å². The van der Waals surface area contributed by atoms with Crippen LogP contribution in [0.15, 0.2) is 25.3 Å². The third-order valence-corrected chi connectivity index (χ3v) is 2.66. The summed E-state index contributed by atoms with van der Waals surface area (Å²) in [6.07, 6.45) is 0. The first-order valence-corrected chi connectivity index (χ1v) is 5.45. The summed E-state index contributed by atoms with van der Waals surface area (Å²) in [4.78, 5) is 1.94. The van der Waals surface area contributed by atoms with E-state index in [2.05, 4.69) is 19.2 Å². The molecule has 0 aliphatic heterocycles. The second-order valence-electron chi connectivity index (χ2n) is 4.48. The first-order valence-electron chi connectivity index (χ1n) is 5.45. The average Bonchev–Trinajstić information content (AvgIpc) is 2.26. The van der Waals surface area contributed by atoms with Crippen molar-refractivity contribution in [3.05, 3.63) is 42.0 Å². The van der Waals surface area contributed by atoms with Gasteiger partial charge in [-0.2, -0.15) is 5.26 Å². The predicted molar refractivity (Wildman–Crippen MR) is 74.9 cm³/mol. The van der Waals surface area contributed by atoms with Crippen molar-refractivity contribution in [3.63, 3.8) is 0 Å². The highest BCUT2D eigenvalue weighted by Gasteiger charge is 2.12. The summed E-state index contributed by atoms with van der Waals surface area (Å²) >= 11 is 0. The molecule has 0 aromatic heterocycles. The van der Waals surface area contributed by atoms with E-state index in [4.69, 9.17) is 0 Å². The normalized spacial score (nSPS) is 9.59. The van der Waals surface area contributed by atoms with E-state index in [9.17, 15) is 5.26 Å². The second-order valence-corrected chi connectivity index (χ2v) is 4.48. The molecule has 2 heteroatoms. The van der Waals surface area contributed by atoms with Crippen LogP contribution in [-0.4, -0.2) is 14.1 Å². The highest BCUT2D eigenvalue weighted by atomic mass is 15.1. The van der Waals surface area contributed by atoms with Gasteiger partial charge in [0.05, 0.1) is 11.3 Å². The SMILES string of the molecule is C=C(C)c1cc(C#N)c(N(C)C)cc1C(=C)C. The number of anilines is 1. The minimum Gasteiger partial charge on any atom is -0.377 e. The minimum absolute atomic E-state index is 0.665. The molecule has 0 fully saturated rings. The molecule has 0 unspecified atom stereocenters. The van der Waals surface area contributed by atoms with Gasteiger partial charge in [-0.1, -0.05) is 24.3 Å². The van der Waals surface area contributed by atoms with Crippen LogP contribution in [0.1, 0.15) is 30.5 Å². The molecular weight excluding hydrogens is 208 g/mol. The second kappa shape index (κ2) is 4.88. The molecule has 0 saturated heterocycles. The van der Waals surface area contributed by atoms with Crippen LogP contribution in [0.4, 0.5) is 5.69 Å². The van der Waals surface area contributed by atoms with E-state index in [1.54, 1.807) is 0 Å². The standard InChI is InChI=1S/C15H18N2/c1-10(2)13-7-12(9-16)15(17(5)6)8-14(13)11(3)4/h7-8H,1,3H2,2,4-6H3. The minimum atomic E-state index is 0.665. The van der Waals surface area contributed by atoms with Crippen LogP contribution in [-0.2, 0) is 0 Å². The lowest BCUT2D eigenvalue weighted by molar-refractivity contribution is 1.12. The van der Waals surface area contributed by atoms with Crippen molar-refractivity contribution in [2.24, 2.45) is 0 Å². The van der Waals surface area contributed by atoms with Crippen molar-refractivity contribution in [1.82, 2.24) is 0 Å². The van der Waals surface area contributed by atoms with Crippen LogP contribution in [0, 0.1) is 11.3 Å². The van der Waals surface area contributed by atoms with Crippen LogP contribution in [0.25, 0.3) is 11.1 Å². The highest BCUT2D eigenvalue weighted by molar-refractivity contribution is 5.81. The van der Waals surface area contributed by atoms with Gasteiger partial charge in [-0.3, -0.25) is 0 Å². The lowest BCUT2D eigenvalue weighted by Gasteiger charge is -2.18. The van der Waals surface area contributed by atoms with Crippen molar-refractivity contribution in [2.45, 2.75) is 13.8 Å². The fraction of sp³-hybridized carbons (Fsp3) is 0.267. The molecule has 0 N–H and O–H groups in total. The van der Waals surface area contributed by atoms with Crippen LogP contribution < -0.4 is 4.90 Å². The summed E-state index contributed by atoms with van der Waals surface area (Å²) < 4.78 is 0. The Bertz CT molecular complexity index is 516. The Morgan fingerprint density at radius 3 is 1.94 bits per heavy atom. The Hall–Kier alpha value is -2.01. The number of rotatable bonds is 3. The van der Waals surface area contributed by atoms with Gasteiger partial charge in [0.25, 0.3) is 0 Å². The van der Waals surface area contributed by atoms with E-state index < -0.39 is 0 Å². The Morgan fingerprint density at radius 1 is 1.12 bits per heavy atom. The summed E-state index contributed by atoms with van der Waals surface area (Å²) in [7, 11) is 3.86. The van der Waals surface area contributed by atoms with E-state index in [0.29, 0.717) is 5.56 Å². The maximum Gasteiger partial charge on any atom is 0.101 e. The number of nitriles is 1. The van der Waals surface area contributed by atoms with Gasteiger partial charge in [0.15, 0.2) is 0 Å². The molecule has 0 radical (unpaired) electrons. The zero-order valence-corrected chi connectivity index (χ0v) is 11.0. The van der Waals surface area contributed by atoms with Gasteiger partial charge in [0.1, 0.15) is 6.07 Å². The molecule has 0 aliphatic carbocycles. The molecule has 0 saturated carbocycles. The predicted octanol–water partition coefficient (Wildman–Crippen LogP) is 3.69. The first kappa shape index (κ1) is 13.1. The third kappa shape index (κ3) is 2.57. The van der Waals surface area contributed by atoms with Crippen molar-refractivity contribution in [2.75, 3.05) is 19.0 Å². The molecule has 88 valence electrons. The van der Waals surface area contributed by atoms with Gasteiger partial charge < -0.3 is 4.90 Å². The highest BCUT2D eigenvalue weighted by Crippen LogP contribution is 2.30. The lowest BCUT2D eigenvalue weighted by atomic mass is 9.94. The van der Waals surface area contributed by atoms with Crippen LogP contribution in [0.3, 0.4) is 0 Å². The maximum absolute atomic E-state index is 9.17. The topological polar surface area (TPSA) is 27.0 Å². The molecule has 1 rings (SSSR count). The van der Waals surface area contributed by atoms with Gasteiger partial charge in [-0.15, -0.1) is 0 Å². The molecule has 1 aromatic carbocycles. The smallest absolute Gasteiger partial charge is 0.101 e. The average molecular weight is 226 g/mol. The zero-order valence-electron chi connectivity index (χ0n) is 11.0. The maximum atomic E-state index is 9.17. The molecule has 0 atom stereocenters. The monoisotopic (exact) mass is 226 g/mol. The molecule has 2 nitrogen and oxygen atoms in total.